The molecule has 10 rings (SSSR count). The van der Waals surface area contributed by atoms with Crippen LogP contribution >= 0.6 is 0 Å². The summed E-state index contributed by atoms with van der Waals surface area (Å²) in [5, 5.41) is 7.31. The summed E-state index contributed by atoms with van der Waals surface area (Å²) in [5.74, 6) is 1.83. The molecule has 0 saturated heterocycles. The molecule has 9 aromatic rings. The number of benzene rings is 7. The first-order chi connectivity index (χ1) is 21.3. The lowest BCUT2D eigenvalue weighted by molar-refractivity contribution is 0.488. The number of fused-ring (bicyclic) bond motifs is 9. The molecule has 0 atom stereocenters. The fourth-order valence-electron chi connectivity index (χ4n) is 7.35. The SMILES string of the molecule is c1ccc(-n2c3ccccc3c3cc(-n4c5ccccc5c5c6c(ccc54)Oc4cccc5cccc-6c45)ccc32)cc1. The maximum absolute atomic E-state index is 6.56. The second kappa shape index (κ2) is 8.37. The van der Waals surface area contributed by atoms with Crippen molar-refractivity contribution in [1.82, 2.24) is 9.13 Å². The van der Waals surface area contributed by atoms with Crippen LogP contribution in [0.4, 0.5) is 0 Å². The molecule has 2 aromatic heterocycles. The smallest absolute Gasteiger partial charge is 0.136 e. The van der Waals surface area contributed by atoms with Gasteiger partial charge in [0, 0.05) is 43.9 Å². The van der Waals surface area contributed by atoms with Crippen LogP contribution in [0.15, 0.2) is 146 Å². The Morgan fingerprint density at radius 2 is 1.07 bits per heavy atom. The van der Waals surface area contributed by atoms with Crippen LogP contribution in [0.25, 0.3) is 76.9 Å². The molecule has 7 aromatic carbocycles. The number of rotatable bonds is 2. The second-order valence-electron chi connectivity index (χ2n) is 11.3. The van der Waals surface area contributed by atoms with Crippen molar-refractivity contribution in [1.29, 1.82) is 0 Å². The molecule has 0 aliphatic carbocycles. The average molecular weight is 549 g/mol. The Kier molecular flexibility index (Phi) is 4.45. The molecule has 200 valence electrons. The molecule has 43 heavy (non-hydrogen) atoms. The molecular formula is C40H24N2O. The van der Waals surface area contributed by atoms with Gasteiger partial charge in [-0.15, -0.1) is 0 Å². The maximum Gasteiger partial charge on any atom is 0.136 e. The van der Waals surface area contributed by atoms with Gasteiger partial charge in [-0.05, 0) is 71.6 Å². The van der Waals surface area contributed by atoms with E-state index in [1.165, 1.54) is 71.2 Å². The summed E-state index contributed by atoms with van der Waals surface area (Å²) in [6, 6.07) is 52.2. The van der Waals surface area contributed by atoms with Crippen LogP contribution in [-0.4, -0.2) is 9.13 Å². The van der Waals surface area contributed by atoms with Crippen LogP contribution in [0.1, 0.15) is 0 Å². The predicted octanol–water partition coefficient (Wildman–Crippen LogP) is 10.8. The highest BCUT2D eigenvalue weighted by atomic mass is 16.5. The van der Waals surface area contributed by atoms with Gasteiger partial charge in [-0.1, -0.05) is 84.9 Å². The van der Waals surface area contributed by atoms with Gasteiger partial charge in [0.25, 0.3) is 0 Å². The first-order valence-electron chi connectivity index (χ1n) is 14.7. The number of hydrogen-bond acceptors (Lipinski definition) is 1. The van der Waals surface area contributed by atoms with Crippen LogP contribution in [0.2, 0.25) is 0 Å². The van der Waals surface area contributed by atoms with Crippen LogP contribution in [0, 0.1) is 0 Å². The summed E-state index contributed by atoms with van der Waals surface area (Å²) in [6.07, 6.45) is 0. The van der Waals surface area contributed by atoms with E-state index in [9.17, 15) is 0 Å². The summed E-state index contributed by atoms with van der Waals surface area (Å²) >= 11 is 0. The zero-order valence-corrected chi connectivity index (χ0v) is 23.2. The fraction of sp³-hybridized carbons (Fsp3) is 0. The van der Waals surface area contributed by atoms with E-state index in [0.717, 1.165) is 17.2 Å². The van der Waals surface area contributed by atoms with Crippen molar-refractivity contribution < 1.29 is 4.74 Å². The van der Waals surface area contributed by atoms with Crippen molar-refractivity contribution in [2.75, 3.05) is 0 Å². The minimum Gasteiger partial charge on any atom is -0.456 e. The van der Waals surface area contributed by atoms with Crippen LogP contribution in [-0.2, 0) is 0 Å². The van der Waals surface area contributed by atoms with E-state index in [2.05, 4.69) is 155 Å². The molecule has 0 amide bonds. The van der Waals surface area contributed by atoms with Gasteiger partial charge in [0.05, 0.1) is 22.1 Å². The molecule has 0 radical (unpaired) electrons. The van der Waals surface area contributed by atoms with Crippen molar-refractivity contribution >= 4 is 54.4 Å². The predicted molar refractivity (Wildman–Crippen MR) is 178 cm³/mol. The monoisotopic (exact) mass is 548 g/mol. The highest BCUT2D eigenvalue weighted by Gasteiger charge is 2.25. The lowest BCUT2D eigenvalue weighted by Crippen LogP contribution is -1.98. The summed E-state index contributed by atoms with van der Waals surface area (Å²) in [7, 11) is 0. The lowest BCUT2D eigenvalue weighted by atomic mass is 9.91. The Bertz CT molecular complexity index is 2580. The van der Waals surface area contributed by atoms with E-state index in [1.54, 1.807) is 0 Å². The van der Waals surface area contributed by atoms with Gasteiger partial charge in [0.1, 0.15) is 11.5 Å². The van der Waals surface area contributed by atoms with Crippen molar-refractivity contribution in [2.24, 2.45) is 0 Å². The molecule has 0 bridgehead atoms. The normalized spacial score (nSPS) is 12.4. The molecule has 3 heterocycles. The third-order valence-electron chi connectivity index (χ3n) is 9.08. The zero-order valence-electron chi connectivity index (χ0n) is 23.2. The molecule has 1 aliphatic heterocycles. The van der Waals surface area contributed by atoms with Gasteiger partial charge in [-0.25, -0.2) is 0 Å². The molecule has 3 heteroatoms. The molecule has 0 unspecified atom stereocenters. The van der Waals surface area contributed by atoms with Gasteiger partial charge in [0.15, 0.2) is 0 Å². The van der Waals surface area contributed by atoms with E-state index in [-0.39, 0.29) is 0 Å². The van der Waals surface area contributed by atoms with Crippen LogP contribution in [0.5, 0.6) is 11.5 Å². The quantitative estimate of drug-likeness (QED) is 0.210. The summed E-state index contributed by atoms with van der Waals surface area (Å²) in [6.45, 7) is 0. The topological polar surface area (TPSA) is 19.1 Å². The minimum absolute atomic E-state index is 0.906. The third-order valence-corrected chi connectivity index (χ3v) is 9.08. The van der Waals surface area contributed by atoms with E-state index in [0.29, 0.717) is 0 Å². The van der Waals surface area contributed by atoms with E-state index >= 15 is 0 Å². The second-order valence-corrected chi connectivity index (χ2v) is 11.3. The Balaban J connectivity index is 1.30. The molecule has 0 fully saturated rings. The maximum atomic E-state index is 6.56. The summed E-state index contributed by atoms with van der Waals surface area (Å²) < 4.78 is 11.3. The van der Waals surface area contributed by atoms with Crippen LogP contribution in [0.3, 0.4) is 0 Å². The Morgan fingerprint density at radius 3 is 1.93 bits per heavy atom. The summed E-state index contributed by atoms with van der Waals surface area (Å²) in [5.41, 5.74) is 9.47. The minimum atomic E-state index is 0.906. The average Bonchev–Trinajstić information content (AvgIpc) is 3.58. The van der Waals surface area contributed by atoms with E-state index in [4.69, 9.17) is 4.74 Å². The number of para-hydroxylation sites is 3. The molecular weight excluding hydrogens is 524 g/mol. The van der Waals surface area contributed by atoms with Gasteiger partial charge < -0.3 is 13.9 Å². The Hall–Kier alpha value is -5.80. The highest BCUT2D eigenvalue weighted by molar-refractivity contribution is 6.21. The van der Waals surface area contributed by atoms with Crippen molar-refractivity contribution in [3.63, 3.8) is 0 Å². The largest absolute Gasteiger partial charge is 0.456 e. The zero-order chi connectivity index (χ0) is 28.1. The third kappa shape index (κ3) is 3.03. The van der Waals surface area contributed by atoms with Crippen molar-refractivity contribution in [2.45, 2.75) is 0 Å². The molecule has 0 saturated carbocycles. The first-order valence-corrected chi connectivity index (χ1v) is 14.7. The standard InChI is InChI=1S/C40H24N2O/c1-2-12-26(13-3-1)41-32-17-6-4-14-28(32)31-24-27(20-21-34(31)41)42-33-18-7-5-15-29(33)39-35(42)22-23-37-40(39)30-16-8-10-25-11-9-19-36(43-37)38(25)30/h1-24H. The molecule has 1 aliphatic rings. The number of hydrogen-bond donors (Lipinski definition) is 0. The number of aromatic nitrogens is 2. The van der Waals surface area contributed by atoms with Gasteiger partial charge in [-0.3, -0.25) is 0 Å². The molecule has 0 N–H and O–H groups in total. The highest BCUT2D eigenvalue weighted by Crippen LogP contribution is 2.51. The Labute approximate surface area is 247 Å². The van der Waals surface area contributed by atoms with Gasteiger partial charge in [0.2, 0.25) is 0 Å². The number of ether oxygens (including phenoxy) is 1. The van der Waals surface area contributed by atoms with Crippen LogP contribution < -0.4 is 4.74 Å². The number of nitrogens with zero attached hydrogens (tertiary/aromatic N) is 2. The van der Waals surface area contributed by atoms with Gasteiger partial charge in [-0.2, -0.15) is 0 Å². The molecule has 3 nitrogen and oxygen atoms in total. The molecule has 0 spiro atoms. The first kappa shape index (κ1) is 22.8. The van der Waals surface area contributed by atoms with Crippen molar-refractivity contribution in [3.05, 3.63) is 146 Å². The lowest BCUT2D eigenvalue weighted by Gasteiger charge is -2.22. The van der Waals surface area contributed by atoms with E-state index < -0.39 is 0 Å². The van der Waals surface area contributed by atoms with E-state index in [1.807, 2.05) is 0 Å². The summed E-state index contributed by atoms with van der Waals surface area (Å²) in [4.78, 5) is 0. The Morgan fingerprint density at radius 1 is 0.395 bits per heavy atom. The van der Waals surface area contributed by atoms with Gasteiger partial charge >= 0.3 is 0 Å². The fourth-order valence-corrected chi connectivity index (χ4v) is 7.35. The van der Waals surface area contributed by atoms with Crippen molar-refractivity contribution in [3.8, 4) is 34.0 Å².